The van der Waals surface area contributed by atoms with Crippen molar-refractivity contribution in [1.29, 1.82) is 0 Å². The molecule has 2 aromatic heterocycles. The van der Waals surface area contributed by atoms with Crippen molar-refractivity contribution in [2.75, 3.05) is 13.1 Å². The highest BCUT2D eigenvalue weighted by Crippen LogP contribution is 2.33. The molecule has 1 aromatic carbocycles. The van der Waals surface area contributed by atoms with Crippen LogP contribution in [-0.4, -0.2) is 43.7 Å². The zero-order valence-electron chi connectivity index (χ0n) is 14.3. The largest absolute Gasteiger partial charge is 0.337 e. The predicted octanol–water partition coefficient (Wildman–Crippen LogP) is 3.40. The van der Waals surface area contributed by atoms with E-state index in [2.05, 4.69) is 19.8 Å². The van der Waals surface area contributed by atoms with Crippen molar-refractivity contribution in [3.05, 3.63) is 52.5 Å². The summed E-state index contributed by atoms with van der Waals surface area (Å²) in [5.41, 5.74) is 3.55. The van der Waals surface area contributed by atoms with E-state index >= 15 is 0 Å². The molecule has 0 spiro atoms. The van der Waals surface area contributed by atoms with Crippen LogP contribution in [0.5, 0.6) is 0 Å². The van der Waals surface area contributed by atoms with Crippen LogP contribution in [0.1, 0.15) is 39.8 Å². The van der Waals surface area contributed by atoms with Crippen molar-refractivity contribution >= 4 is 17.4 Å². The number of aromatic amines is 1. The molecule has 0 radical (unpaired) electrons. The van der Waals surface area contributed by atoms with E-state index in [1.165, 1.54) is 12.1 Å². The lowest BCUT2D eigenvalue weighted by Crippen LogP contribution is -2.39. The van der Waals surface area contributed by atoms with Gasteiger partial charge in [0.25, 0.3) is 5.91 Å². The SMILES string of the molecule is Cc1nnsc1C(=O)N1CCC[C@@H](c2[nH]ncc2-c2ccc(F)cc2)C1. The average molecular weight is 371 g/mol. The zero-order valence-corrected chi connectivity index (χ0v) is 15.1. The van der Waals surface area contributed by atoms with Gasteiger partial charge >= 0.3 is 0 Å². The lowest BCUT2D eigenvalue weighted by Gasteiger charge is -2.32. The second kappa shape index (κ2) is 6.95. The van der Waals surface area contributed by atoms with E-state index in [0.29, 0.717) is 17.1 Å². The first-order valence-electron chi connectivity index (χ1n) is 8.51. The maximum atomic E-state index is 13.2. The molecule has 1 aliphatic rings. The maximum Gasteiger partial charge on any atom is 0.267 e. The quantitative estimate of drug-likeness (QED) is 0.766. The fourth-order valence-corrected chi connectivity index (χ4v) is 4.06. The van der Waals surface area contributed by atoms with Crippen LogP contribution in [0.3, 0.4) is 0 Å². The summed E-state index contributed by atoms with van der Waals surface area (Å²) in [7, 11) is 0. The van der Waals surface area contributed by atoms with Crippen LogP contribution in [-0.2, 0) is 0 Å². The van der Waals surface area contributed by atoms with Crippen molar-refractivity contribution in [1.82, 2.24) is 24.7 Å². The second-order valence-electron chi connectivity index (χ2n) is 6.48. The Balaban J connectivity index is 1.57. The summed E-state index contributed by atoms with van der Waals surface area (Å²) < 4.78 is 17.1. The van der Waals surface area contributed by atoms with Crippen LogP contribution in [0.15, 0.2) is 30.5 Å². The molecule has 6 nitrogen and oxygen atoms in total. The highest BCUT2D eigenvalue weighted by Gasteiger charge is 2.29. The molecule has 1 amide bonds. The number of halogens is 1. The average Bonchev–Trinajstić information content (AvgIpc) is 3.31. The zero-order chi connectivity index (χ0) is 18.1. The summed E-state index contributed by atoms with van der Waals surface area (Å²) >= 11 is 1.14. The minimum Gasteiger partial charge on any atom is -0.337 e. The number of rotatable bonds is 3. The summed E-state index contributed by atoms with van der Waals surface area (Å²) in [5.74, 6) is -0.108. The highest BCUT2D eigenvalue weighted by atomic mass is 32.1. The first-order valence-corrected chi connectivity index (χ1v) is 9.28. The molecule has 1 N–H and O–H groups in total. The Morgan fingerprint density at radius 2 is 2.15 bits per heavy atom. The lowest BCUT2D eigenvalue weighted by molar-refractivity contribution is 0.0710. The number of carbonyl (C=O) groups excluding carboxylic acids is 1. The van der Waals surface area contributed by atoms with Crippen LogP contribution in [0.4, 0.5) is 4.39 Å². The molecule has 8 heteroatoms. The number of likely N-dealkylation sites (tertiary alicyclic amines) is 1. The topological polar surface area (TPSA) is 74.8 Å². The van der Waals surface area contributed by atoms with Crippen LogP contribution in [0, 0.1) is 12.7 Å². The molecule has 1 fully saturated rings. The van der Waals surface area contributed by atoms with Gasteiger partial charge in [0.1, 0.15) is 10.7 Å². The summed E-state index contributed by atoms with van der Waals surface area (Å²) in [4.78, 5) is 15.3. The fraction of sp³-hybridized carbons (Fsp3) is 0.333. The number of hydrogen-bond acceptors (Lipinski definition) is 5. The molecule has 134 valence electrons. The Labute approximate surface area is 154 Å². The molecular formula is C18H18FN5OS. The van der Waals surface area contributed by atoms with Crippen LogP contribution in [0.2, 0.25) is 0 Å². The molecule has 1 atom stereocenters. The molecule has 3 heterocycles. The number of H-pyrrole nitrogens is 1. The number of benzene rings is 1. The van der Waals surface area contributed by atoms with E-state index in [0.717, 1.165) is 47.7 Å². The molecule has 1 saturated heterocycles. The standard InChI is InChI=1S/C18H18FN5OS/c1-11-17(26-23-21-11)18(25)24-8-2-3-13(10-24)16-15(9-20-22-16)12-4-6-14(19)7-5-12/h4-7,9,13H,2-3,8,10H2,1H3,(H,20,22)/t13-/m1/s1. The van der Waals surface area contributed by atoms with E-state index in [9.17, 15) is 9.18 Å². The number of aryl methyl sites for hydroxylation is 1. The van der Waals surface area contributed by atoms with E-state index < -0.39 is 0 Å². The Hall–Kier alpha value is -2.61. The monoisotopic (exact) mass is 371 g/mol. The van der Waals surface area contributed by atoms with Crippen molar-refractivity contribution in [2.24, 2.45) is 0 Å². The van der Waals surface area contributed by atoms with Gasteiger partial charge in [-0.2, -0.15) is 5.10 Å². The Bertz CT molecular complexity index is 920. The first kappa shape index (κ1) is 16.8. The fourth-order valence-electron chi connectivity index (χ4n) is 3.44. The van der Waals surface area contributed by atoms with E-state index in [4.69, 9.17) is 0 Å². The van der Waals surface area contributed by atoms with Gasteiger partial charge in [0.2, 0.25) is 0 Å². The lowest BCUT2D eigenvalue weighted by atomic mass is 9.90. The van der Waals surface area contributed by atoms with Crippen molar-refractivity contribution in [3.63, 3.8) is 0 Å². The number of nitrogens with zero attached hydrogens (tertiary/aromatic N) is 4. The van der Waals surface area contributed by atoms with Crippen LogP contribution >= 0.6 is 11.5 Å². The third-order valence-electron chi connectivity index (χ3n) is 4.79. The number of nitrogens with one attached hydrogen (secondary N) is 1. The van der Waals surface area contributed by atoms with Crippen molar-refractivity contribution < 1.29 is 9.18 Å². The Morgan fingerprint density at radius 3 is 2.88 bits per heavy atom. The number of hydrogen-bond donors (Lipinski definition) is 1. The Morgan fingerprint density at radius 1 is 1.35 bits per heavy atom. The smallest absolute Gasteiger partial charge is 0.267 e. The summed E-state index contributed by atoms with van der Waals surface area (Å²) in [5, 5.41) is 11.2. The van der Waals surface area contributed by atoms with Gasteiger partial charge < -0.3 is 4.90 Å². The van der Waals surface area contributed by atoms with E-state index in [-0.39, 0.29) is 17.6 Å². The maximum absolute atomic E-state index is 13.2. The summed E-state index contributed by atoms with van der Waals surface area (Å²) in [6, 6.07) is 6.40. The van der Waals surface area contributed by atoms with Gasteiger partial charge in [-0.25, -0.2) is 4.39 Å². The molecule has 0 bridgehead atoms. The molecule has 1 aliphatic heterocycles. The van der Waals surface area contributed by atoms with Crippen molar-refractivity contribution in [2.45, 2.75) is 25.7 Å². The third-order valence-corrected chi connectivity index (χ3v) is 5.60. The van der Waals surface area contributed by atoms with E-state index in [1.54, 1.807) is 25.3 Å². The van der Waals surface area contributed by atoms with Gasteiger partial charge in [-0.15, -0.1) is 5.10 Å². The summed E-state index contributed by atoms with van der Waals surface area (Å²) in [6.45, 7) is 3.15. The number of amides is 1. The molecular weight excluding hydrogens is 353 g/mol. The molecule has 0 aliphatic carbocycles. The minimum atomic E-state index is -0.262. The van der Waals surface area contributed by atoms with Crippen LogP contribution in [0.25, 0.3) is 11.1 Å². The summed E-state index contributed by atoms with van der Waals surface area (Å²) in [6.07, 6.45) is 3.66. The predicted molar refractivity (Wildman–Crippen MR) is 96.5 cm³/mol. The van der Waals surface area contributed by atoms with Gasteiger partial charge in [-0.3, -0.25) is 9.89 Å². The minimum absolute atomic E-state index is 0.00922. The van der Waals surface area contributed by atoms with Gasteiger partial charge in [0.15, 0.2) is 0 Å². The number of carbonyl (C=O) groups is 1. The number of aromatic nitrogens is 4. The van der Waals surface area contributed by atoms with Gasteiger partial charge in [-0.05, 0) is 49.0 Å². The van der Waals surface area contributed by atoms with E-state index in [1.807, 2.05) is 4.90 Å². The van der Waals surface area contributed by atoms with Gasteiger partial charge in [0.05, 0.1) is 11.9 Å². The molecule has 0 unspecified atom stereocenters. The molecule has 4 rings (SSSR count). The molecule has 3 aromatic rings. The Kier molecular flexibility index (Phi) is 4.50. The molecule has 26 heavy (non-hydrogen) atoms. The normalized spacial score (nSPS) is 17.5. The van der Waals surface area contributed by atoms with Gasteiger partial charge in [-0.1, -0.05) is 16.6 Å². The first-order chi connectivity index (χ1) is 12.6. The second-order valence-corrected chi connectivity index (χ2v) is 7.24. The van der Waals surface area contributed by atoms with Gasteiger partial charge in [0, 0.05) is 30.3 Å². The highest BCUT2D eigenvalue weighted by molar-refractivity contribution is 7.07. The molecule has 0 saturated carbocycles. The van der Waals surface area contributed by atoms with Crippen molar-refractivity contribution in [3.8, 4) is 11.1 Å². The third kappa shape index (κ3) is 3.12. The van der Waals surface area contributed by atoms with Crippen LogP contribution < -0.4 is 0 Å². The number of piperidine rings is 1.